The first-order chi connectivity index (χ1) is 13.4. The number of anilines is 1. The number of hydrogen-bond donors (Lipinski definition) is 1. The molecule has 1 amide bonds. The highest BCUT2D eigenvalue weighted by Gasteiger charge is 2.14. The molecule has 0 saturated heterocycles. The van der Waals surface area contributed by atoms with Gasteiger partial charge in [-0.15, -0.1) is 0 Å². The third kappa shape index (κ3) is 4.46. The van der Waals surface area contributed by atoms with Crippen molar-refractivity contribution in [3.05, 3.63) is 85.7 Å². The minimum Gasteiger partial charge on any atom is -0.321 e. The first-order valence-corrected chi connectivity index (χ1v) is 9.98. The van der Waals surface area contributed by atoms with Gasteiger partial charge in [-0.2, -0.15) is 5.26 Å². The van der Waals surface area contributed by atoms with Gasteiger partial charge in [0.25, 0.3) is 5.91 Å². The van der Waals surface area contributed by atoms with Crippen molar-refractivity contribution in [1.82, 2.24) is 4.57 Å². The van der Waals surface area contributed by atoms with Crippen LogP contribution in [0.25, 0.3) is 11.8 Å². The van der Waals surface area contributed by atoms with E-state index in [1.165, 1.54) is 0 Å². The second kappa shape index (κ2) is 8.63. The van der Waals surface area contributed by atoms with Crippen LogP contribution in [0.2, 0.25) is 5.02 Å². The van der Waals surface area contributed by atoms with Crippen LogP contribution < -0.4 is 5.32 Å². The lowest BCUT2D eigenvalue weighted by atomic mass is 10.1. The van der Waals surface area contributed by atoms with Gasteiger partial charge in [0, 0.05) is 31.4 Å². The Morgan fingerprint density at radius 1 is 1.14 bits per heavy atom. The summed E-state index contributed by atoms with van der Waals surface area (Å²) >= 11 is 8.13. The average Bonchev–Trinajstić information content (AvgIpc) is 2.95. The zero-order valence-corrected chi connectivity index (χ0v) is 18.2. The minimum absolute atomic E-state index is 0.0396. The average molecular weight is 502 g/mol. The number of hydrogen-bond acceptors (Lipinski definition) is 2. The van der Waals surface area contributed by atoms with Gasteiger partial charge < -0.3 is 9.88 Å². The third-order valence-electron chi connectivity index (χ3n) is 4.32. The van der Waals surface area contributed by atoms with Crippen molar-refractivity contribution in [2.24, 2.45) is 0 Å². The molecule has 2 aromatic carbocycles. The highest BCUT2D eigenvalue weighted by Crippen LogP contribution is 2.24. The quantitative estimate of drug-likeness (QED) is 0.275. The largest absolute Gasteiger partial charge is 0.321 e. The third-order valence-corrected chi connectivity index (χ3v) is 5.29. The van der Waals surface area contributed by atoms with Gasteiger partial charge >= 0.3 is 0 Å². The summed E-state index contributed by atoms with van der Waals surface area (Å²) in [7, 11) is 0. The lowest BCUT2D eigenvalue weighted by molar-refractivity contribution is -0.112. The van der Waals surface area contributed by atoms with Gasteiger partial charge in [0.2, 0.25) is 0 Å². The van der Waals surface area contributed by atoms with Crippen molar-refractivity contribution in [2.45, 2.75) is 13.8 Å². The van der Waals surface area contributed by atoms with Crippen LogP contribution in [0.15, 0.2) is 60.2 Å². The van der Waals surface area contributed by atoms with Crippen molar-refractivity contribution in [1.29, 1.82) is 5.26 Å². The van der Waals surface area contributed by atoms with E-state index >= 15 is 0 Å². The molecule has 0 fully saturated rings. The molecule has 6 heteroatoms. The first kappa shape index (κ1) is 20.2. The minimum atomic E-state index is -0.455. The van der Waals surface area contributed by atoms with Crippen LogP contribution in [0.3, 0.4) is 0 Å². The van der Waals surface area contributed by atoms with Crippen molar-refractivity contribution in [3.8, 4) is 11.8 Å². The molecule has 0 spiro atoms. The molecule has 0 aliphatic heterocycles. The monoisotopic (exact) mass is 501 g/mol. The number of carbonyl (C=O) groups excluding carboxylic acids is 1. The predicted molar refractivity (Wildman–Crippen MR) is 122 cm³/mol. The number of amides is 1. The van der Waals surface area contributed by atoms with E-state index in [1.807, 2.05) is 50.2 Å². The zero-order valence-electron chi connectivity index (χ0n) is 15.3. The van der Waals surface area contributed by atoms with Crippen LogP contribution in [0.1, 0.15) is 17.0 Å². The number of nitriles is 1. The summed E-state index contributed by atoms with van der Waals surface area (Å²) in [5, 5.41) is 12.8. The molecule has 0 aliphatic rings. The molecule has 3 aromatic rings. The van der Waals surface area contributed by atoms with Crippen LogP contribution in [-0.4, -0.2) is 10.5 Å². The molecule has 0 atom stereocenters. The summed E-state index contributed by atoms with van der Waals surface area (Å²) in [6.45, 7) is 3.98. The van der Waals surface area contributed by atoms with Gasteiger partial charge in [-0.3, -0.25) is 4.79 Å². The number of halogens is 2. The van der Waals surface area contributed by atoms with E-state index in [0.717, 1.165) is 26.2 Å². The van der Waals surface area contributed by atoms with Crippen LogP contribution in [-0.2, 0) is 4.79 Å². The highest BCUT2D eigenvalue weighted by molar-refractivity contribution is 14.1. The van der Waals surface area contributed by atoms with Crippen LogP contribution in [0, 0.1) is 28.7 Å². The topological polar surface area (TPSA) is 57.8 Å². The second-order valence-corrected chi connectivity index (χ2v) is 7.95. The van der Waals surface area contributed by atoms with Crippen LogP contribution in [0.4, 0.5) is 5.69 Å². The van der Waals surface area contributed by atoms with Gasteiger partial charge in [-0.05, 0) is 103 Å². The molecule has 1 aromatic heterocycles. The van der Waals surface area contributed by atoms with Crippen molar-refractivity contribution in [3.63, 3.8) is 0 Å². The summed E-state index contributed by atoms with van der Waals surface area (Å²) in [6.07, 6.45) is 1.62. The Bertz CT molecular complexity index is 1090. The summed E-state index contributed by atoms with van der Waals surface area (Å²) in [5.74, 6) is -0.455. The Labute approximate surface area is 182 Å². The van der Waals surface area contributed by atoms with Crippen molar-refractivity contribution < 1.29 is 4.79 Å². The molecule has 0 saturated carbocycles. The van der Waals surface area contributed by atoms with E-state index < -0.39 is 5.91 Å². The molecule has 3 rings (SSSR count). The summed E-state index contributed by atoms with van der Waals surface area (Å²) in [4.78, 5) is 12.5. The van der Waals surface area contributed by atoms with E-state index in [1.54, 1.807) is 30.3 Å². The normalized spacial score (nSPS) is 11.2. The molecule has 0 bridgehead atoms. The Morgan fingerprint density at radius 3 is 2.39 bits per heavy atom. The van der Waals surface area contributed by atoms with E-state index in [0.29, 0.717) is 10.7 Å². The number of nitrogens with one attached hydrogen (secondary N) is 1. The molecule has 0 aliphatic carbocycles. The fourth-order valence-corrected chi connectivity index (χ4v) is 3.44. The molecule has 1 N–H and O–H groups in total. The van der Waals surface area contributed by atoms with E-state index in [-0.39, 0.29) is 5.57 Å². The smallest absolute Gasteiger partial charge is 0.266 e. The molecule has 0 radical (unpaired) electrons. The van der Waals surface area contributed by atoms with Crippen molar-refractivity contribution in [2.75, 3.05) is 5.32 Å². The maximum absolute atomic E-state index is 12.5. The number of aromatic nitrogens is 1. The van der Waals surface area contributed by atoms with Gasteiger partial charge in [0.15, 0.2) is 0 Å². The zero-order chi connectivity index (χ0) is 20.3. The molecule has 140 valence electrons. The standard InChI is InChI=1S/C22H17ClIN3O/c1-14-11-16(15(2)27(14)21-9-5-19(24)6-10-21)12-17(13-25)22(28)26-20-7-3-18(23)4-8-20/h3-12H,1-2H3,(H,26,28)/b17-12+. The number of rotatable bonds is 4. The van der Waals surface area contributed by atoms with Crippen LogP contribution in [0.5, 0.6) is 0 Å². The molecular formula is C22H17ClIN3O. The maximum Gasteiger partial charge on any atom is 0.266 e. The summed E-state index contributed by atoms with van der Waals surface area (Å²) in [5.41, 5.74) is 4.49. The first-order valence-electron chi connectivity index (χ1n) is 8.52. The maximum atomic E-state index is 12.5. The Morgan fingerprint density at radius 2 is 1.79 bits per heavy atom. The Hall–Kier alpha value is -2.56. The van der Waals surface area contributed by atoms with Gasteiger partial charge in [0.1, 0.15) is 11.6 Å². The summed E-state index contributed by atoms with van der Waals surface area (Å²) < 4.78 is 3.27. The van der Waals surface area contributed by atoms with Gasteiger partial charge in [-0.25, -0.2) is 0 Å². The number of aryl methyl sites for hydroxylation is 1. The molecular weight excluding hydrogens is 485 g/mol. The lowest BCUT2D eigenvalue weighted by Crippen LogP contribution is -2.13. The Kier molecular flexibility index (Phi) is 6.22. The highest BCUT2D eigenvalue weighted by atomic mass is 127. The van der Waals surface area contributed by atoms with Crippen molar-refractivity contribution >= 4 is 51.9 Å². The molecule has 28 heavy (non-hydrogen) atoms. The number of benzene rings is 2. The fraction of sp³-hybridized carbons (Fsp3) is 0.0909. The van der Waals surface area contributed by atoms with E-state index in [9.17, 15) is 10.1 Å². The number of nitrogens with zero attached hydrogens (tertiary/aromatic N) is 2. The van der Waals surface area contributed by atoms with Gasteiger partial charge in [-0.1, -0.05) is 11.6 Å². The Balaban J connectivity index is 1.91. The number of carbonyl (C=O) groups is 1. The van der Waals surface area contributed by atoms with E-state index in [2.05, 4.69) is 32.5 Å². The van der Waals surface area contributed by atoms with Crippen LogP contribution >= 0.6 is 34.2 Å². The van der Waals surface area contributed by atoms with Gasteiger partial charge in [0.05, 0.1) is 0 Å². The molecule has 1 heterocycles. The second-order valence-electron chi connectivity index (χ2n) is 6.27. The SMILES string of the molecule is Cc1cc(/C=C(\C#N)C(=O)Nc2ccc(Cl)cc2)c(C)n1-c1ccc(I)cc1. The fourth-order valence-electron chi connectivity index (χ4n) is 2.96. The summed E-state index contributed by atoms with van der Waals surface area (Å²) in [6, 6.07) is 18.9. The predicted octanol–water partition coefficient (Wildman–Crippen LogP) is 5.90. The van der Waals surface area contributed by atoms with E-state index in [4.69, 9.17) is 11.6 Å². The molecule has 0 unspecified atom stereocenters. The lowest BCUT2D eigenvalue weighted by Gasteiger charge is -2.10. The molecule has 4 nitrogen and oxygen atoms in total.